The van der Waals surface area contributed by atoms with Crippen molar-refractivity contribution in [1.29, 1.82) is 0 Å². The highest BCUT2D eigenvalue weighted by Crippen LogP contribution is 2.26. The molecule has 0 saturated carbocycles. The zero-order chi connectivity index (χ0) is 9.14. The molecule has 1 N–H and O–H groups in total. The van der Waals surface area contributed by atoms with E-state index in [-0.39, 0.29) is 5.56 Å². The second kappa shape index (κ2) is 3.96. The van der Waals surface area contributed by atoms with E-state index in [0.717, 1.165) is 12.1 Å². The first-order valence-corrected chi connectivity index (χ1v) is 4.14. The summed E-state index contributed by atoms with van der Waals surface area (Å²) in [6.45, 7) is -0.593. The van der Waals surface area contributed by atoms with Crippen LogP contribution in [-0.4, -0.2) is 11.7 Å². The Morgan fingerprint density at radius 1 is 1.50 bits per heavy atom. The second-order valence-corrected chi connectivity index (χ2v) is 3.17. The molecule has 0 aliphatic rings. The molecular formula is C8H7BrF2O. The minimum Gasteiger partial charge on any atom is -0.393 e. The summed E-state index contributed by atoms with van der Waals surface area (Å²) in [6, 6.07) is 3.63. The zero-order valence-electron chi connectivity index (χ0n) is 6.10. The third-order valence-corrected chi connectivity index (χ3v) is 2.15. The van der Waals surface area contributed by atoms with Crippen molar-refractivity contribution in [3.63, 3.8) is 0 Å². The molecule has 0 saturated heterocycles. The monoisotopic (exact) mass is 236 g/mol. The van der Waals surface area contributed by atoms with Gasteiger partial charge in [-0.2, -0.15) is 0 Å². The van der Waals surface area contributed by atoms with Crippen molar-refractivity contribution in [2.75, 3.05) is 6.61 Å². The Morgan fingerprint density at radius 3 is 2.67 bits per heavy atom. The van der Waals surface area contributed by atoms with E-state index in [1.807, 2.05) is 0 Å². The zero-order valence-corrected chi connectivity index (χ0v) is 7.68. The van der Waals surface area contributed by atoms with Gasteiger partial charge in [-0.25, -0.2) is 8.78 Å². The summed E-state index contributed by atoms with van der Waals surface area (Å²) in [7, 11) is 0. The number of alkyl halides is 1. The van der Waals surface area contributed by atoms with E-state index < -0.39 is 18.6 Å². The van der Waals surface area contributed by atoms with Gasteiger partial charge in [-0.05, 0) is 12.1 Å². The van der Waals surface area contributed by atoms with Gasteiger partial charge >= 0.3 is 0 Å². The Kier molecular flexibility index (Phi) is 3.17. The van der Waals surface area contributed by atoms with Crippen LogP contribution in [0.2, 0.25) is 0 Å². The summed E-state index contributed by atoms with van der Waals surface area (Å²) in [5.74, 6) is -0.434. The van der Waals surface area contributed by atoms with Crippen molar-refractivity contribution in [3.05, 3.63) is 34.1 Å². The van der Waals surface area contributed by atoms with Crippen LogP contribution in [0.3, 0.4) is 0 Å². The minimum atomic E-state index is -1.46. The normalized spacial score (nSPS) is 13.0. The van der Waals surface area contributed by atoms with Gasteiger partial charge in [-0.3, -0.25) is 0 Å². The quantitative estimate of drug-likeness (QED) is 0.838. The van der Waals surface area contributed by atoms with Crippen molar-refractivity contribution in [2.24, 2.45) is 0 Å². The Labute approximate surface area is 77.2 Å². The van der Waals surface area contributed by atoms with Crippen LogP contribution in [0.4, 0.5) is 8.78 Å². The topological polar surface area (TPSA) is 20.2 Å². The van der Waals surface area contributed by atoms with Crippen LogP contribution in [0.1, 0.15) is 11.7 Å². The molecule has 0 radical (unpaired) electrons. The number of hydrogen-bond acceptors (Lipinski definition) is 1. The van der Waals surface area contributed by atoms with Crippen molar-refractivity contribution in [3.8, 4) is 0 Å². The molecule has 12 heavy (non-hydrogen) atoms. The summed E-state index contributed by atoms with van der Waals surface area (Å²) < 4.78 is 25.7. The van der Waals surface area contributed by atoms with Gasteiger partial charge in [0.15, 0.2) is 0 Å². The Morgan fingerprint density at radius 2 is 2.17 bits per heavy atom. The second-order valence-electron chi connectivity index (χ2n) is 2.32. The number of aliphatic hydroxyl groups is 1. The summed E-state index contributed by atoms with van der Waals surface area (Å²) in [6.07, 6.45) is -1.46. The van der Waals surface area contributed by atoms with E-state index in [0.29, 0.717) is 4.47 Å². The van der Waals surface area contributed by atoms with Gasteiger partial charge in [0.05, 0.1) is 6.61 Å². The molecule has 0 spiro atoms. The molecule has 0 bridgehead atoms. The molecule has 4 heteroatoms. The highest BCUT2D eigenvalue weighted by atomic mass is 79.9. The largest absolute Gasteiger partial charge is 0.393 e. The van der Waals surface area contributed by atoms with Gasteiger partial charge < -0.3 is 5.11 Å². The molecule has 1 atom stereocenters. The highest BCUT2D eigenvalue weighted by Gasteiger charge is 2.11. The molecule has 1 nitrogen and oxygen atoms in total. The smallest absolute Gasteiger partial charge is 0.149 e. The number of benzene rings is 1. The lowest BCUT2D eigenvalue weighted by atomic mass is 10.1. The molecule has 0 aliphatic heterocycles. The lowest BCUT2D eigenvalue weighted by Gasteiger charge is -2.06. The first kappa shape index (κ1) is 9.61. The average Bonchev–Trinajstić information content (AvgIpc) is 2.03. The fraction of sp³-hybridized carbons (Fsp3) is 0.250. The first-order valence-electron chi connectivity index (χ1n) is 3.35. The third kappa shape index (κ3) is 2.01. The van der Waals surface area contributed by atoms with Gasteiger partial charge in [-0.15, -0.1) is 0 Å². The van der Waals surface area contributed by atoms with E-state index in [9.17, 15) is 8.78 Å². The van der Waals surface area contributed by atoms with Gasteiger partial charge in [0.1, 0.15) is 12.0 Å². The molecule has 1 aromatic carbocycles. The van der Waals surface area contributed by atoms with Crippen molar-refractivity contribution >= 4 is 15.9 Å². The van der Waals surface area contributed by atoms with Crippen molar-refractivity contribution in [1.82, 2.24) is 0 Å². The van der Waals surface area contributed by atoms with Crippen LogP contribution in [0, 0.1) is 5.82 Å². The molecule has 0 aliphatic carbocycles. The molecule has 0 amide bonds. The molecule has 0 heterocycles. The first-order chi connectivity index (χ1) is 5.65. The van der Waals surface area contributed by atoms with E-state index in [1.165, 1.54) is 6.07 Å². The number of halogens is 3. The van der Waals surface area contributed by atoms with Crippen LogP contribution in [0.15, 0.2) is 22.7 Å². The SMILES string of the molecule is OCC(F)c1ccc(F)cc1Br. The molecule has 1 aromatic rings. The van der Waals surface area contributed by atoms with Gasteiger partial charge in [-0.1, -0.05) is 22.0 Å². The maximum atomic E-state index is 12.9. The van der Waals surface area contributed by atoms with Crippen molar-refractivity contribution < 1.29 is 13.9 Å². The van der Waals surface area contributed by atoms with Crippen LogP contribution in [0.25, 0.3) is 0 Å². The molecule has 1 rings (SSSR count). The van der Waals surface area contributed by atoms with E-state index in [2.05, 4.69) is 15.9 Å². The summed E-state index contributed by atoms with van der Waals surface area (Å²) >= 11 is 3.00. The van der Waals surface area contributed by atoms with Gasteiger partial charge in [0.25, 0.3) is 0 Å². The van der Waals surface area contributed by atoms with E-state index in [1.54, 1.807) is 0 Å². The molecule has 1 unspecified atom stereocenters. The molecular weight excluding hydrogens is 230 g/mol. The van der Waals surface area contributed by atoms with Gasteiger partial charge in [0, 0.05) is 10.0 Å². The minimum absolute atomic E-state index is 0.263. The lowest BCUT2D eigenvalue weighted by molar-refractivity contribution is 0.179. The van der Waals surface area contributed by atoms with Crippen LogP contribution in [0.5, 0.6) is 0 Å². The average molecular weight is 237 g/mol. The maximum absolute atomic E-state index is 12.9. The maximum Gasteiger partial charge on any atom is 0.149 e. The Bertz CT molecular complexity index is 278. The number of aliphatic hydroxyl groups excluding tert-OH is 1. The molecule has 0 fully saturated rings. The van der Waals surface area contributed by atoms with Gasteiger partial charge in [0.2, 0.25) is 0 Å². The highest BCUT2D eigenvalue weighted by molar-refractivity contribution is 9.10. The third-order valence-electron chi connectivity index (χ3n) is 1.46. The van der Waals surface area contributed by atoms with Crippen molar-refractivity contribution in [2.45, 2.75) is 6.17 Å². The predicted molar refractivity (Wildman–Crippen MR) is 45.0 cm³/mol. The van der Waals surface area contributed by atoms with Crippen LogP contribution < -0.4 is 0 Å². The van der Waals surface area contributed by atoms with E-state index in [4.69, 9.17) is 5.11 Å². The molecule has 0 aromatic heterocycles. The lowest BCUT2D eigenvalue weighted by Crippen LogP contribution is -1.98. The van der Waals surface area contributed by atoms with Crippen LogP contribution in [-0.2, 0) is 0 Å². The fourth-order valence-electron chi connectivity index (χ4n) is 0.854. The Hall–Kier alpha value is -0.480. The number of hydrogen-bond donors (Lipinski definition) is 1. The predicted octanol–water partition coefficient (Wildman–Crippen LogP) is 2.59. The summed E-state index contributed by atoms with van der Waals surface area (Å²) in [5.41, 5.74) is 0.263. The summed E-state index contributed by atoms with van der Waals surface area (Å²) in [5, 5.41) is 8.49. The van der Waals surface area contributed by atoms with Crippen LogP contribution >= 0.6 is 15.9 Å². The van der Waals surface area contributed by atoms with E-state index >= 15 is 0 Å². The summed E-state index contributed by atoms with van der Waals surface area (Å²) in [4.78, 5) is 0. The molecule has 66 valence electrons. The fourth-order valence-corrected chi connectivity index (χ4v) is 1.45. The number of rotatable bonds is 2. The Balaban J connectivity index is 3.01. The standard InChI is InChI=1S/C8H7BrF2O/c9-7-3-5(10)1-2-6(7)8(11)4-12/h1-3,8,12H,4H2.